The van der Waals surface area contributed by atoms with Gasteiger partial charge in [-0.15, -0.1) is 0 Å². The van der Waals surface area contributed by atoms with Crippen LogP contribution in [0.3, 0.4) is 0 Å². The highest BCUT2D eigenvalue weighted by molar-refractivity contribution is 5.78. The summed E-state index contributed by atoms with van der Waals surface area (Å²) in [4.78, 5) is 11.7. The molecule has 2 aromatic carbocycles. The first-order valence-corrected chi connectivity index (χ1v) is 7.94. The van der Waals surface area contributed by atoms with E-state index in [-0.39, 0.29) is 24.8 Å². The molecule has 1 heterocycles. The highest BCUT2D eigenvalue weighted by atomic mass is 19.1. The van der Waals surface area contributed by atoms with E-state index in [9.17, 15) is 14.3 Å². The van der Waals surface area contributed by atoms with Gasteiger partial charge in [-0.05, 0) is 30.7 Å². The monoisotopic (exact) mass is 343 g/mol. The lowest BCUT2D eigenvalue weighted by atomic mass is 10.2. The van der Waals surface area contributed by atoms with Gasteiger partial charge in [0.15, 0.2) is 18.2 Å². The minimum atomic E-state index is -0.819. The summed E-state index contributed by atoms with van der Waals surface area (Å²) >= 11 is 0. The van der Waals surface area contributed by atoms with Crippen LogP contribution in [0.5, 0.6) is 5.75 Å². The van der Waals surface area contributed by atoms with Gasteiger partial charge in [-0.2, -0.15) is 0 Å². The predicted octanol–water partition coefficient (Wildman–Crippen LogP) is 3.19. The second-order valence-corrected chi connectivity index (χ2v) is 5.56. The van der Waals surface area contributed by atoms with E-state index in [2.05, 4.69) is 5.32 Å². The van der Waals surface area contributed by atoms with E-state index in [1.807, 2.05) is 24.3 Å². The largest absolute Gasteiger partial charge is 0.481 e. The molecule has 5 nitrogen and oxygen atoms in total. The summed E-state index contributed by atoms with van der Waals surface area (Å²) in [5.41, 5.74) is 0.707. The highest BCUT2D eigenvalue weighted by Gasteiger charge is 2.14. The van der Waals surface area contributed by atoms with E-state index in [0.717, 1.165) is 5.39 Å². The fraction of sp³-hybridized carbons (Fsp3) is 0.211. The molecule has 0 aliphatic carbocycles. The fourth-order valence-electron chi connectivity index (χ4n) is 2.41. The Morgan fingerprint density at radius 1 is 1.20 bits per heavy atom. The molecule has 3 aromatic rings. The van der Waals surface area contributed by atoms with Crippen LogP contribution < -0.4 is 10.1 Å². The molecule has 1 aromatic heterocycles. The van der Waals surface area contributed by atoms with Gasteiger partial charge in [0.1, 0.15) is 17.4 Å². The average Bonchev–Trinajstić information content (AvgIpc) is 3.05. The molecule has 0 aliphatic rings. The van der Waals surface area contributed by atoms with Crippen LogP contribution in [0.15, 0.2) is 59.0 Å². The van der Waals surface area contributed by atoms with Gasteiger partial charge in [-0.25, -0.2) is 4.39 Å². The van der Waals surface area contributed by atoms with Crippen LogP contribution >= 0.6 is 0 Å². The minimum absolute atomic E-state index is 0.0277. The maximum Gasteiger partial charge on any atom is 0.257 e. The molecule has 1 atom stereocenters. The number of furan rings is 1. The number of hydrogen-bond donors (Lipinski definition) is 2. The number of nitrogens with one attached hydrogen (secondary N) is 1. The van der Waals surface area contributed by atoms with Crippen molar-refractivity contribution in [3.05, 3.63) is 66.2 Å². The van der Waals surface area contributed by atoms with Crippen LogP contribution in [-0.4, -0.2) is 24.2 Å². The summed E-state index contributed by atoms with van der Waals surface area (Å²) in [6, 6.07) is 15.1. The van der Waals surface area contributed by atoms with Crippen molar-refractivity contribution in [2.45, 2.75) is 12.5 Å². The first-order chi connectivity index (χ1) is 12.1. The van der Waals surface area contributed by atoms with Crippen molar-refractivity contribution < 1.29 is 23.4 Å². The summed E-state index contributed by atoms with van der Waals surface area (Å²) in [5.74, 6) is -0.423. The maximum atomic E-state index is 13.4. The molecule has 0 bridgehead atoms. The smallest absolute Gasteiger partial charge is 0.257 e. The van der Waals surface area contributed by atoms with E-state index >= 15 is 0 Å². The zero-order chi connectivity index (χ0) is 17.6. The minimum Gasteiger partial charge on any atom is -0.481 e. The molecule has 1 unspecified atom stereocenters. The lowest BCUT2D eigenvalue weighted by Crippen LogP contribution is -2.30. The van der Waals surface area contributed by atoms with Gasteiger partial charge >= 0.3 is 0 Å². The Balaban J connectivity index is 1.44. The van der Waals surface area contributed by atoms with Gasteiger partial charge in [-0.1, -0.05) is 30.3 Å². The molecular weight excluding hydrogens is 325 g/mol. The van der Waals surface area contributed by atoms with E-state index in [1.54, 1.807) is 18.2 Å². The third-order valence-corrected chi connectivity index (χ3v) is 3.71. The molecular formula is C19H18FNO4. The number of fused-ring (bicyclic) bond motifs is 1. The number of rotatable bonds is 7. The molecule has 130 valence electrons. The zero-order valence-corrected chi connectivity index (χ0v) is 13.4. The van der Waals surface area contributed by atoms with Crippen LogP contribution in [0.2, 0.25) is 0 Å². The van der Waals surface area contributed by atoms with E-state index < -0.39 is 11.9 Å². The number of benzene rings is 2. The Labute approximate surface area is 144 Å². The van der Waals surface area contributed by atoms with Crippen molar-refractivity contribution in [3.8, 4) is 5.75 Å². The Morgan fingerprint density at radius 2 is 1.96 bits per heavy atom. The molecule has 6 heteroatoms. The topological polar surface area (TPSA) is 71.7 Å². The second kappa shape index (κ2) is 7.81. The molecule has 0 aliphatic heterocycles. The number of carbonyl (C=O) groups excluding carboxylic acids is 1. The summed E-state index contributed by atoms with van der Waals surface area (Å²) < 4.78 is 24.1. The number of amides is 1. The van der Waals surface area contributed by atoms with Gasteiger partial charge in [0, 0.05) is 11.9 Å². The van der Waals surface area contributed by atoms with Crippen LogP contribution in [-0.2, 0) is 4.79 Å². The second-order valence-electron chi connectivity index (χ2n) is 5.56. The summed E-state index contributed by atoms with van der Waals surface area (Å²) in [6.07, 6.45) is -0.522. The number of hydrogen-bond acceptors (Lipinski definition) is 4. The van der Waals surface area contributed by atoms with E-state index in [0.29, 0.717) is 17.8 Å². The van der Waals surface area contributed by atoms with Crippen LogP contribution in [0, 0.1) is 5.82 Å². The quantitative estimate of drug-likeness (QED) is 0.691. The molecule has 3 rings (SSSR count). The van der Waals surface area contributed by atoms with Crippen molar-refractivity contribution in [1.29, 1.82) is 0 Å². The molecule has 2 N–H and O–H groups in total. The standard InChI is InChI=1S/C19H18FNO4/c20-14-6-2-4-8-17(14)24-12-19(23)21-10-9-15(22)18-11-13-5-1-3-7-16(13)25-18/h1-8,11,15,22H,9-10,12H2,(H,21,23). The number of aliphatic hydroxyl groups excluding tert-OH is 1. The molecule has 0 saturated heterocycles. The number of para-hydroxylation sites is 2. The van der Waals surface area contributed by atoms with Crippen molar-refractivity contribution in [3.63, 3.8) is 0 Å². The summed E-state index contributed by atoms with van der Waals surface area (Å²) in [7, 11) is 0. The Bertz CT molecular complexity index is 828. The summed E-state index contributed by atoms with van der Waals surface area (Å²) in [5, 5.41) is 13.7. The van der Waals surface area contributed by atoms with Crippen molar-refractivity contribution in [1.82, 2.24) is 5.32 Å². The van der Waals surface area contributed by atoms with Crippen LogP contribution in [0.4, 0.5) is 4.39 Å². The first-order valence-electron chi connectivity index (χ1n) is 7.94. The van der Waals surface area contributed by atoms with E-state index in [4.69, 9.17) is 9.15 Å². The number of ether oxygens (including phenoxy) is 1. The molecule has 1 amide bonds. The Hall–Kier alpha value is -2.86. The lowest BCUT2D eigenvalue weighted by molar-refractivity contribution is -0.123. The van der Waals surface area contributed by atoms with Crippen molar-refractivity contribution >= 4 is 16.9 Å². The van der Waals surface area contributed by atoms with Gasteiger partial charge in [0.2, 0.25) is 0 Å². The third-order valence-electron chi connectivity index (χ3n) is 3.71. The van der Waals surface area contributed by atoms with E-state index in [1.165, 1.54) is 12.1 Å². The third kappa shape index (κ3) is 4.36. The van der Waals surface area contributed by atoms with Crippen LogP contribution in [0.25, 0.3) is 11.0 Å². The van der Waals surface area contributed by atoms with Gasteiger partial charge < -0.3 is 19.6 Å². The Kier molecular flexibility index (Phi) is 5.30. The number of aliphatic hydroxyl groups is 1. The Morgan fingerprint density at radius 3 is 2.76 bits per heavy atom. The fourth-order valence-corrected chi connectivity index (χ4v) is 2.41. The maximum absolute atomic E-state index is 13.4. The average molecular weight is 343 g/mol. The molecule has 0 fully saturated rings. The molecule has 0 saturated carbocycles. The SMILES string of the molecule is O=C(COc1ccccc1F)NCCC(O)c1cc2ccccc2o1. The molecule has 0 radical (unpaired) electrons. The number of carbonyl (C=O) groups is 1. The predicted molar refractivity (Wildman–Crippen MR) is 90.7 cm³/mol. The van der Waals surface area contributed by atoms with Crippen molar-refractivity contribution in [2.24, 2.45) is 0 Å². The lowest BCUT2D eigenvalue weighted by Gasteiger charge is -2.10. The normalized spacial score (nSPS) is 12.1. The molecule has 0 spiro atoms. The first kappa shape index (κ1) is 17.0. The zero-order valence-electron chi connectivity index (χ0n) is 13.4. The van der Waals surface area contributed by atoms with Crippen LogP contribution in [0.1, 0.15) is 18.3 Å². The van der Waals surface area contributed by atoms with Gasteiger partial charge in [-0.3, -0.25) is 4.79 Å². The van der Waals surface area contributed by atoms with Crippen molar-refractivity contribution in [2.75, 3.05) is 13.2 Å². The highest BCUT2D eigenvalue weighted by Crippen LogP contribution is 2.25. The van der Waals surface area contributed by atoms with Gasteiger partial charge in [0.25, 0.3) is 5.91 Å². The molecule has 25 heavy (non-hydrogen) atoms. The number of halogens is 1. The summed E-state index contributed by atoms with van der Waals surface area (Å²) in [6.45, 7) is -0.0423. The van der Waals surface area contributed by atoms with Gasteiger partial charge in [0.05, 0.1) is 0 Å².